The Morgan fingerprint density at radius 1 is 0.810 bits per heavy atom. The fraction of sp³-hybridized carbons (Fsp3) is 0.316. The van der Waals surface area contributed by atoms with E-state index in [1.165, 1.54) is 0 Å². The minimum absolute atomic E-state index is 0.269. The van der Waals surface area contributed by atoms with Gasteiger partial charge in [0.2, 0.25) is 0 Å². The smallest absolute Gasteiger partial charge is 0.344 e. The molecule has 0 saturated heterocycles. The topological polar surface area (TPSA) is 26.3 Å². The summed E-state index contributed by atoms with van der Waals surface area (Å²) >= 11 is 0. The van der Waals surface area contributed by atoms with Gasteiger partial charge in [0.05, 0.1) is 5.56 Å². The van der Waals surface area contributed by atoms with Crippen LogP contribution in [0.2, 0.25) is 0 Å². The van der Waals surface area contributed by atoms with Crippen molar-refractivity contribution in [2.24, 2.45) is 0 Å². The second kappa shape index (κ2) is 6.57. The lowest BCUT2D eigenvalue weighted by molar-refractivity contribution is 0.0731. The normalized spacial score (nSPS) is 11.0. The molecule has 0 radical (unpaired) electrons. The summed E-state index contributed by atoms with van der Waals surface area (Å²) in [4.78, 5) is 12.6. The molecule has 0 fully saturated rings. The highest BCUT2D eigenvalue weighted by molar-refractivity contribution is 5.94. The van der Waals surface area contributed by atoms with Gasteiger partial charge in [-0.15, -0.1) is 0 Å². The Labute approximate surface area is 126 Å². The Kier molecular flexibility index (Phi) is 4.79. The van der Waals surface area contributed by atoms with Crippen molar-refractivity contribution < 1.29 is 9.53 Å². The zero-order chi connectivity index (χ0) is 15.4. The lowest BCUT2D eigenvalue weighted by Crippen LogP contribution is -2.15. The maximum absolute atomic E-state index is 12.6. The highest BCUT2D eigenvalue weighted by Gasteiger charge is 2.21. The van der Waals surface area contributed by atoms with Crippen LogP contribution in [-0.4, -0.2) is 5.97 Å². The Morgan fingerprint density at radius 2 is 1.33 bits per heavy atom. The summed E-state index contributed by atoms with van der Waals surface area (Å²) in [7, 11) is 0. The largest absolute Gasteiger partial charge is 0.423 e. The van der Waals surface area contributed by atoms with Gasteiger partial charge in [-0.1, -0.05) is 64.1 Å². The van der Waals surface area contributed by atoms with Gasteiger partial charge in [-0.3, -0.25) is 0 Å². The predicted molar refractivity (Wildman–Crippen MR) is 86.0 cm³/mol. The van der Waals surface area contributed by atoms with Gasteiger partial charge < -0.3 is 4.74 Å². The van der Waals surface area contributed by atoms with E-state index in [-0.39, 0.29) is 17.8 Å². The molecule has 110 valence electrons. The van der Waals surface area contributed by atoms with Crippen molar-refractivity contribution in [3.8, 4) is 5.75 Å². The highest BCUT2D eigenvalue weighted by atomic mass is 16.5. The molecule has 0 aliphatic rings. The Bertz CT molecular complexity index is 586. The molecule has 2 aromatic rings. The van der Waals surface area contributed by atoms with Crippen molar-refractivity contribution in [1.29, 1.82) is 0 Å². The molecule has 0 heterocycles. The second-order valence-electron chi connectivity index (χ2n) is 5.82. The molecule has 0 N–H and O–H groups in total. The van der Waals surface area contributed by atoms with Crippen LogP contribution in [0.15, 0.2) is 48.5 Å². The number of ether oxygens (including phenoxy) is 1. The minimum atomic E-state index is -0.269. The van der Waals surface area contributed by atoms with E-state index < -0.39 is 0 Å². The molecule has 21 heavy (non-hydrogen) atoms. The number of hydrogen-bond acceptors (Lipinski definition) is 2. The van der Waals surface area contributed by atoms with Crippen molar-refractivity contribution in [3.63, 3.8) is 0 Å². The summed E-state index contributed by atoms with van der Waals surface area (Å²) in [6, 6.07) is 15.3. The lowest BCUT2D eigenvalue weighted by Gasteiger charge is -2.18. The van der Waals surface area contributed by atoms with Crippen LogP contribution >= 0.6 is 0 Å². The van der Waals surface area contributed by atoms with Crippen LogP contribution in [0, 0.1) is 0 Å². The summed E-state index contributed by atoms with van der Waals surface area (Å²) in [5, 5.41) is 0. The van der Waals surface area contributed by atoms with Crippen LogP contribution in [0.25, 0.3) is 0 Å². The zero-order valence-electron chi connectivity index (χ0n) is 13.1. The molecule has 2 rings (SSSR count). The number of carbonyl (C=O) groups excluding carboxylic acids is 1. The van der Waals surface area contributed by atoms with Gasteiger partial charge >= 0.3 is 5.97 Å². The summed E-state index contributed by atoms with van der Waals surface area (Å²) in [6.45, 7) is 8.38. The van der Waals surface area contributed by atoms with E-state index in [0.717, 1.165) is 11.1 Å². The quantitative estimate of drug-likeness (QED) is 0.572. The first-order valence-corrected chi connectivity index (χ1v) is 7.40. The fourth-order valence-corrected chi connectivity index (χ4v) is 2.43. The highest BCUT2D eigenvalue weighted by Crippen LogP contribution is 2.28. The minimum Gasteiger partial charge on any atom is -0.423 e. The van der Waals surface area contributed by atoms with E-state index >= 15 is 0 Å². The predicted octanol–water partition coefficient (Wildman–Crippen LogP) is 5.15. The van der Waals surface area contributed by atoms with Crippen LogP contribution in [0.3, 0.4) is 0 Å². The maximum atomic E-state index is 12.6. The van der Waals surface area contributed by atoms with Crippen molar-refractivity contribution in [2.45, 2.75) is 39.5 Å². The molecule has 0 unspecified atom stereocenters. The number of esters is 1. The number of para-hydroxylation sites is 1. The molecule has 2 nitrogen and oxygen atoms in total. The maximum Gasteiger partial charge on any atom is 0.344 e. The van der Waals surface area contributed by atoms with Gasteiger partial charge in [-0.05, 0) is 35.1 Å². The number of rotatable bonds is 4. The Morgan fingerprint density at radius 3 is 1.81 bits per heavy atom. The van der Waals surface area contributed by atoms with Crippen LogP contribution < -0.4 is 4.74 Å². The third-order valence-electron chi connectivity index (χ3n) is 3.53. The van der Waals surface area contributed by atoms with Crippen molar-refractivity contribution in [2.75, 3.05) is 0 Å². The second-order valence-corrected chi connectivity index (χ2v) is 5.82. The summed E-state index contributed by atoms with van der Waals surface area (Å²) in [6.07, 6.45) is 0. The molecule has 0 aliphatic carbocycles. The monoisotopic (exact) mass is 282 g/mol. The molecule has 0 bridgehead atoms. The van der Waals surface area contributed by atoms with Gasteiger partial charge in [-0.2, -0.15) is 0 Å². The van der Waals surface area contributed by atoms with Crippen molar-refractivity contribution in [3.05, 3.63) is 65.2 Å². The molecule has 2 heteroatoms. The molecule has 0 aliphatic heterocycles. The van der Waals surface area contributed by atoms with E-state index in [1.807, 2.05) is 36.4 Å². The van der Waals surface area contributed by atoms with Gasteiger partial charge in [0.1, 0.15) is 5.75 Å². The van der Waals surface area contributed by atoms with Gasteiger partial charge in [0.25, 0.3) is 0 Å². The molecular formula is C19H22O2. The van der Waals surface area contributed by atoms with Crippen LogP contribution in [0.5, 0.6) is 5.75 Å². The van der Waals surface area contributed by atoms with Gasteiger partial charge in [0, 0.05) is 0 Å². The molecule has 0 atom stereocenters. The summed E-state index contributed by atoms with van der Waals surface area (Å²) < 4.78 is 5.54. The number of carbonyl (C=O) groups is 1. The summed E-state index contributed by atoms with van der Waals surface area (Å²) in [5.41, 5.74) is 2.80. The lowest BCUT2D eigenvalue weighted by atomic mass is 9.89. The van der Waals surface area contributed by atoms with Crippen LogP contribution in [0.4, 0.5) is 0 Å². The van der Waals surface area contributed by atoms with E-state index in [4.69, 9.17) is 4.74 Å². The van der Waals surface area contributed by atoms with Gasteiger partial charge in [0.15, 0.2) is 0 Å². The molecule has 0 spiro atoms. The standard InChI is InChI=1S/C19H22O2/c1-13(2)16-11-8-12-17(14(3)4)18(16)19(20)21-15-9-6-5-7-10-15/h5-14H,1-4H3. The number of hydrogen-bond donors (Lipinski definition) is 0. The third-order valence-corrected chi connectivity index (χ3v) is 3.53. The zero-order valence-corrected chi connectivity index (χ0v) is 13.1. The first kappa shape index (κ1) is 15.3. The molecule has 2 aromatic carbocycles. The average Bonchev–Trinajstić information content (AvgIpc) is 2.47. The Hall–Kier alpha value is -2.09. The van der Waals surface area contributed by atoms with Gasteiger partial charge in [-0.25, -0.2) is 4.79 Å². The molecular weight excluding hydrogens is 260 g/mol. The van der Waals surface area contributed by atoms with E-state index in [9.17, 15) is 4.79 Å². The number of benzene rings is 2. The van der Waals surface area contributed by atoms with Crippen molar-refractivity contribution in [1.82, 2.24) is 0 Å². The first-order chi connectivity index (χ1) is 10.0. The summed E-state index contributed by atoms with van der Waals surface area (Å²) in [5.74, 6) is 0.869. The first-order valence-electron chi connectivity index (χ1n) is 7.40. The average molecular weight is 282 g/mol. The third kappa shape index (κ3) is 3.52. The van der Waals surface area contributed by atoms with E-state index in [0.29, 0.717) is 11.3 Å². The SMILES string of the molecule is CC(C)c1cccc(C(C)C)c1C(=O)Oc1ccccc1. The molecule has 0 aromatic heterocycles. The van der Waals surface area contributed by atoms with Crippen LogP contribution in [-0.2, 0) is 0 Å². The molecule has 0 amide bonds. The Balaban J connectivity index is 2.43. The van der Waals surface area contributed by atoms with Crippen LogP contribution in [0.1, 0.15) is 61.0 Å². The molecule has 0 saturated carbocycles. The van der Waals surface area contributed by atoms with E-state index in [2.05, 4.69) is 27.7 Å². The van der Waals surface area contributed by atoms with E-state index in [1.54, 1.807) is 12.1 Å². The van der Waals surface area contributed by atoms with Crippen molar-refractivity contribution >= 4 is 5.97 Å². The fourth-order valence-electron chi connectivity index (χ4n) is 2.43.